The molecule has 1 unspecified atom stereocenters. The van der Waals surface area contributed by atoms with Crippen molar-refractivity contribution >= 4 is 33.0 Å². The van der Waals surface area contributed by atoms with Crippen LogP contribution in [0.1, 0.15) is 21.8 Å². The molecule has 1 aliphatic rings. The highest BCUT2D eigenvalue weighted by molar-refractivity contribution is 7.92. The van der Waals surface area contributed by atoms with Gasteiger partial charge in [0.25, 0.3) is 0 Å². The van der Waals surface area contributed by atoms with Gasteiger partial charge in [-0.3, -0.25) is 9.52 Å². The standard InChI is InChI=1S/C21H20N4O3S/c1-29(27,28)25-17-7-3-4-13(9-17)15-10-18-19(12-24-21(18)23-11-15)20(26)14-5-2-6-16(22)8-14/h2-11,19,25H,12,22H2,1H3,(H,23,24). The second-order valence-corrected chi connectivity index (χ2v) is 8.79. The van der Waals surface area contributed by atoms with Crippen molar-refractivity contribution in [2.24, 2.45) is 0 Å². The van der Waals surface area contributed by atoms with Crippen LogP contribution < -0.4 is 15.8 Å². The number of rotatable bonds is 5. The maximum absolute atomic E-state index is 13.0. The average Bonchev–Trinajstić information content (AvgIpc) is 3.09. The Morgan fingerprint density at radius 2 is 1.93 bits per heavy atom. The number of pyridine rings is 1. The van der Waals surface area contributed by atoms with E-state index in [0.29, 0.717) is 29.3 Å². The van der Waals surface area contributed by atoms with Crippen molar-refractivity contribution in [2.45, 2.75) is 5.92 Å². The quantitative estimate of drug-likeness (QED) is 0.441. The molecular formula is C21H20N4O3S. The van der Waals surface area contributed by atoms with E-state index in [2.05, 4.69) is 15.0 Å². The van der Waals surface area contributed by atoms with Gasteiger partial charge in [0, 0.05) is 40.8 Å². The van der Waals surface area contributed by atoms with Crippen LogP contribution in [0.5, 0.6) is 0 Å². The molecule has 0 fully saturated rings. The lowest BCUT2D eigenvalue weighted by atomic mass is 9.91. The fourth-order valence-electron chi connectivity index (χ4n) is 3.47. The first kappa shape index (κ1) is 18.9. The molecule has 0 aliphatic carbocycles. The first-order chi connectivity index (χ1) is 13.8. The average molecular weight is 408 g/mol. The van der Waals surface area contributed by atoms with E-state index < -0.39 is 10.0 Å². The molecule has 0 amide bonds. The molecule has 0 bridgehead atoms. The monoisotopic (exact) mass is 408 g/mol. The first-order valence-electron chi connectivity index (χ1n) is 9.02. The highest BCUT2D eigenvalue weighted by Crippen LogP contribution is 2.35. The molecule has 0 radical (unpaired) electrons. The van der Waals surface area contributed by atoms with Crippen molar-refractivity contribution < 1.29 is 13.2 Å². The van der Waals surface area contributed by atoms with Crippen molar-refractivity contribution in [3.8, 4) is 11.1 Å². The van der Waals surface area contributed by atoms with Gasteiger partial charge in [0.05, 0.1) is 12.2 Å². The van der Waals surface area contributed by atoms with Crippen molar-refractivity contribution in [3.63, 3.8) is 0 Å². The lowest BCUT2D eigenvalue weighted by molar-refractivity contribution is 0.0966. The highest BCUT2D eigenvalue weighted by atomic mass is 32.2. The van der Waals surface area contributed by atoms with Crippen LogP contribution in [0.4, 0.5) is 17.2 Å². The number of aromatic nitrogens is 1. The molecule has 2 aromatic carbocycles. The number of carbonyl (C=O) groups is 1. The van der Waals surface area contributed by atoms with Crippen molar-refractivity contribution in [1.82, 2.24) is 4.98 Å². The predicted octanol–water partition coefficient (Wildman–Crippen LogP) is 3.09. The van der Waals surface area contributed by atoms with E-state index in [1.165, 1.54) is 0 Å². The van der Waals surface area contributed by atoms with Gasteiger partial charge in [-0.05, 0) is 35.9 Å². The summed E-state index contributed by atoms with van der Waals surface area (Å²) in [6.45, 7) is 0.467. The fraction of sp³-hybridized carbons (Fsp3) is 0.143. The minimum absolute atomic E-state index is 0.0185. The summed E-state index contributed by atoms with van der Waals surface area (Å²) in [6.07, 6.45) is 2.81. The van der Waals surface area contributed by atoms with Crippen molar-refractivity contribution in [1.29, 1.82) is 0 Å². The second-order valence-electron chi connectivity index (χ2n) is 7.04. The molecule has 0 saturated heterocycles. The Balaban J connectivity index is 1.68. The maximum Gasteiger partial charge on any atom is 0.229 e. The number of fused-ring (bicyclic) bond motifs is 1. The SMILES string of the molecule is CS(=O)(=O)Nc1cccc(-c2cnc3c(c2)C(C(=O)c2cccc(N)c2)CN3)c1. The van der Waals surface area contributed by atoms with Crippen LogP contribution in [-0.4, -0.2) is 32.0 Å². The number of nitrogen functional groups attached to an aromatic ring is 1. The lowest BCUT2D eigenvalue weighted by Crippen LogP contribution is -2.15. The maximum atomic E-state index is 13.0. The third kappa shape index (κ3) is 4.07. The van der Waals surface area contributed by atoms with Crippen LogP contribution in [-0.2, 0) is 10.0 Å². The third-order valence-corrected chi connectivity index (χ3v) is 5.36. The number of anilines is 3. The molecule has 0 saturated carbocycles. The van der Waals surface area contributed by atoms with Gasteiger partial charge in [0.1, 0.15) is 5.82 Å². The van der Waals surface area contributed by atoms with Crippen LogP contribution in [0.2, 0.25) is 0 Å². The first-order valence-corrected chi connectivity index (χ1v) is 10.9. The van der Waals surface area contributed by atoms with Gasteiger partial charge in [0.2, 0.25) is 10.0 Å². The number of ketones is 1. The number of sulfonamides is 1. The largest absolute Gasteiger partial charge is 0.399 e. The number of benzene rings is 2. The zero-order valence-electron chi connectivity index (χ0n) is 15.7. The van der Waals surface area contributed by atoms with Gasteiger partial charge in [-0.15, -0.1) is 0 Å². The summed E-state index contributed by atoms with van der Waals surface area (Å²) >= 11 is 0. The molecule has 1 aliphatic heterocycles. The predicted molar refractivity (Wildman–Crippen MR) is 115 cm³/mol. The molecule has 4 N–H and O–H groups in total. The Morgan fingerprint density at radius 1 is 1.14 bits per heavy atom. The molecule has 3 aromatic rings. The van der Waals surface area contributed by atoms with Crippen LogP contribution in [0.3, 0.4) is 0 Å². The van der Waals surface area contributed by atoms with Crippen molar-refractivity contribution in [2.75, 3.05) is 28.6 Å². The molecule has 8 heteroatoms. The zero-order valence-corrected chi connectivity index (χ0v) is 16.5. The van der Waals surface area contributed by atoms with E-state index in [9.17, 15) is 13.2 Å². The van der Waals surface area contributed by atoms with Gasteiger partial charge in [0.15, 0.2) is 5.78 Å². The molecule has 7 nitrogen and oxygen atoms in total. The number of nitrogens with zero attached hydrogens (tertiary/aromatic N) is 1. The number of carbonyl (C=O) groups excluding carboxylic acids is 1. The van der Waals surface area contributed by atoms with E-state index in [4.69, 9.17) is 5.73 Å². The molecule has 2 heterocycles. The fourth-order valence-corrected chi connectivity index (χ4v) is 4.02. The molecule has 148 valence electrons. The lowest BCUT2D eigenvalue weighted by Gasteiger charge is -2.11. The van der Waals surface area contributed by atoms with Crippen LogP contribution >= 0.6 is 0 Å². The molecule has 0 spiro atoms. The van der Waals surface area contributed by atoms with Crippen LogP contribution in [0, 0.1) is 0 Å². The highest BCUT2D eigenvalue weighted by Gasteiger charge is 2.30. The topological polar surface area (TPSA) is 114 Å². The summed E-state index contributed by atoms with van der Waals surface area (Å²) in [7, 11) is -3.37. The summed E-state index contributed by atoms with van der Waals surface area (Å²) in [4.78, 5) is 17.5. The summed E-state index contributed by atoms with van der Waals surface area (Å²) in [6, 6.07) is 15.9. The van der Waals surface area contributed by atoms with Gasteiger partial charge in [-0.1, -0.05) is 24.3 Å². The number of nitrogens with one attached hydrogen (secondary N) is 2. The van der Waals surface area contributed by atoms with Crippen molar-refractivity contribution in [3.05, 3.63) is 71.9 Å². The second kappa shape index (κ2) is 7.21. The van der Waals surface area contributed by atoms with Gasteiger partial charge in [-0.2, -0.15) is 0 Å². The minimum atomic E-state index is -3.37. The summed E-state index contributed by atoms with van der Waals surface area (Å²) in [5, 5.41) is 3.18. The number of hydrogen-bond acceptors (Lipinski definition) is 6. The number of nitrogens with two attached hydrogens (primary N) is 1. The Labute approximate surface area is 169 Å². The molecule has 1 aromatic heterocycles. The van der Waals surface area contributed by atoms with Gasteiger partial charge in [-0.25, -0.2) is 13.4 Å². The Hall–Kier alpha value is -3.39. The van der Waals surface area contributed by atoms with E-state index in [1.54, 1.807) is 48.7 Å². The van der Waals surface area contributed by atoms with Gasteiger partial charge >= 0.3 is 0 Å². The normalized spacial score (nSPS) is 15.4. The summed E-state index contributed by atoms with van der Waals surface area (Å²) < 4.78 is 25.5. The van der Waals surface area contributed by atoms with E-state index in [0.717, 1.165) is 22.9 Å². The zero-order chi connectivity index (χ0) is 20.6. The van der Waals surface area contributed by atoms with E-state index in [-0.39, 0.29) is 11.7 Å². The summed E-state index contributed by atoms with van der Waals surface area (Å²) in [5.74, 6) is 0.299. The van der Waals surface area contributed by atoms with Gasteiger partial charge < -0.3 is 11.1 Å². The number of hydrogen-bond donors (Lipinski definition) is 3. The Bertz CT molecular complexity index is 1210. The van der Waals surface area contributed by atoms with Crippen LogP contribution in [0.25, 0.3) is 11.1 Å². The third-order valence-electron chi connectivity index (χ3n) is 4.75. The Morgan fingerprint density at radius 3 is 2.69 bits per heavy atom. The molecule has 1 atom stereocenters. The summed E-state index contributed by atoms with van der Waals surface area (Å²) in [5.41, 5.74) is 9.82. The minimum Gasteiger partial charge on any atom is -0.399 e. The van der Waals surface area contributed by atoms with E-state index in [1.807, 2.05) is 12.1 Å². The molecular weight excluding hydrogens is 388 g/mol. The molecule has 29 heavy (non-hydrogen) atoms. The van der Waals surface area contributed by atoms with E-state index >= 15 is 0 Å². The number of Topliss-reactive ketones (excluding diaryl/α,β-unsaturated/α-hetero) is 1. The Kier molecular flexibility index (Phi) is 4.71. The van der Waals surface area contributed by atoms with Crippen LogP contribution in [0.15, 0.2) is 60.8 Å². The smallest absolute Gasteiger partial charge is 0.229 e. The molecule has 4 rings (SSSR count).